The summed E-state index contributed by atoms with van der Waals surface area (Å²) in [5, 5.41) is 14.2. The number of hydrogen-bond donors (Lipinski definition) is 2. The highest BCUT2D eigenvalue weighted by atomic mass is 16.4. The van der Waals surface area contributed by atoms with Gasteiger partial charge in [0.2, 0.25) is 0 Å². The minimum absolute atomic E-state index is 0.220. The normalized spacial score (nSPS) is 11.2. The summed E-state index contributed by atoms with van der Waals surface area (Å²) in [4.78, 5) is 16.4. The molecule has 0 aliphatic carbocycles. The largest absolute Gasteiger partial charge is 0.411 e. The predicted octanol–water partition coefficient (Wildman–Crippen LogP) is 0.853. The maximum atomic E-state index is 12.1. The number of nitrogens with zero attached hydrogens (tertiary/aromatic N) is 3. The zero-order valence-electron chi connectivity index (χ0n) is 9.51. The first-order valence-electron chi connectivity index (χ1n) is 5.05. The van der Waals surface area contributed by atoms with Crippen LogP contribution >= 0.6 is 0 Å². The topological polar surface area (TPSA) is 79.0 Å². The number of nitrogens with one attached hydrogen (secondary N) is 1. The van der Waals surface area contributed by atoms with Gasteiger partial charge in [-0.15, -0.1) is 0 Å². The Morgan fingerprint density at radius 1 is 1.53 bits per heavy atom. The molecule has 0 bridgehead atoms. The highest BCUT2D eigenvalue weighted by molar-refractivity contribution is 5.85. The van der Waals surface area contributed by atoms with Crippen molar-refractivity contribution in [1.82, 2.24) is 9.38 Å². The average Bonchev–Trinajstić information content (AvgIpc) is 2.33. The summed E-state index contributed by atoms with van der Waals surface area (Å²) < 4.78 is 1.42. The Morgan fingerprint density at radius 3 is 2.94 bits per heavy atom. The van der Waals surface area contributed by atoms with Crippen LogP contribution in [0.15, 0.2) is 28.3 Å². The fourth-order valence-corrected chi connectivity index (χ4v) is 1.62. The molecule has 0 saturated heterocycles. The maximum Gasteiger partial charge on any atom is 0.268 e. The van der Waals surface area contributed by atoms with Crippen molar-refractivity contribution in [2.45, 2.75) is 6.92 Å². The van der Waals surface area contributed by atoms with Gasteiger partial charge in [-0.1, -0.05) is 11.2 Å². The molecule has 17 heavy (non-hydrogen) atoms. The van der Waals surface area contributed by atoms with E-state index in [1.165, 1.54) is 4.40 Å². The molecule has 0 atom stereocenters. The molecule has 6 nitrogen and oxygen atoms in total. The first kappa shape index (κ1) is 11.1. The summed E-state index contributed by atoms with van der Waals surface area (Å²) in [6, 6.07) is 3.64. The number of oxime groups is 1. The van der Waals surface area contributed by atoms with Crippen molar-refractivity contribution in [2.24, 2.45) is 5.16 Å². The average molecular weight is 232 g/mol. The van der Waals surface area contributed by atoms with E-state index in [1.807, 2.05) is 13.0 Å². The van der Waals surface area contributed by atoms with Crippen LogP contribution in [0, 0.1) is 6.92 Å². The molecule has 0 spiro atoms. The molecule has 0 unspecified atom stereocenters. The lowest BCUT2D eigenvalue weighted by Crippen LogP contribution is -2.21. The molecule has 0 radical (unpaired) electrons. The van der Waals surface area contributed by atoms with Crippen molar-refractivity contribution >= 4 is 17.7 Å². The highest BCUT2D eigenvalue weighted by Crippen LogP contribution is 2.09. The van der Waals surface area contributed by atoms with E-state index in [0.717, 1.165) is 11.8 Å². The fraction of sp³-hybridized carbons (Fsp3) is 0.182. The standard InChI is InChI=1S/C11H12N4O2/c1-7-3-4-9-14-10(12-2)8(5-13-17)11(16)15(9)6-7/h3-6,12,17H,1-2H3/b13-5-. The number of hydrogen-bond acceptors (Lipinski definition) is 5. The second-order valence-corrected chi connectivity index (χ2v) is 3.61. The number of aryl methyl sites for hydroxylation is 1. The summed E-state index contributed by atoms with van der Waals surface area (Å²) in [6.45, 7) is 1.89. The van der Waals surface area contributed by atoms with E-state index in [-0.39, 0.29) is 11.1 Å². The predicted molar refractivity (Wildman–Crippen MR) is 65.1 cm³/mol. The van der Waals surface area contributed by atoms with E-state index >= 15 is 0 Å². The molecule has 2 heterocycles. The van der Waals surface area contributed by atoms with E-state index < -0.39 is 0 Å². The molecular weight excluding hydrogens is 220 g/mol. The Kier molecular flexibility index (Phi) is 2.78. The number of anilines is 1. The van der Waals surface area contributed by atoms with Crippen LogP contribution in [0.5, 0.6) is 0 Å². The van der Waals surface area contributed by atoms with Gasteiger partial charge in [0.25, 0.3) is 5.56 Å². The van der Waals surface area contributed by atoms with Crippen molar-refractivity contribution in [3.05, 3.63) is 39.8 Å². The Hall–Kier alpha value is -2.37. The SMILES string of the molecule is CNc1nc2ccc(C)cn2c(=O)c1/C=N\O. The van der Waals surface area contributed by atoms with E-state index in [0.29, 0.717) is 11.5 Å². The van der Waals surface area contributed by atoms with Crippen molar-refractivity contribution in [3.8, 4) is 0 Å². The van der Waals surface area contributed by atoms with Crippen LogP contribution in [0.2, 0.25) is 0 Å². The third kappa shape index (κ3) is 1.84. The van der Waals surface area contributed by atoms with Crippen LogP contribution in [0.25, 0.3) is 5.65 Å². The first-order valence-corrected chi connectivity index (χ1v) is 5.05. The van der Waals surface area contributed by atoms with E-state index in [9.17, 15) is 4.79 Å². The lowest BCUT2D eigenvalue weighted by Gasteiger charge is -2.07. The van der Waals surface area contributed by atoms with Gasteiger partial charge >= 0.3 is 0 Å². The van der Waals surface area contributed by atoms with Gasteiger partial charge in [0.05, 0.1) is 6.21 Å². The van der Waals surface area contributed by atoms with Gasteiger partial charge in [-0.25, -0.2) is 4.98 Å². The second-order valence-electron chi connectivity index (χ2n) is 3.61. The van der Waals surface area contributed by atoms with Crippen molar-refractivity contribution in [3.63, 3.8) is 0 Å². The molecule has 2 aromatic rings. The quantitative estimate of drug-likeness (QED) is 0.457. The van der Waals surface area contributed by atoms with Gasteiger partial charge in [0.15, 0.2) is 0 Å². The van der Waals surface area contributed by atoms with Gasteiger partial charge in [0.1, 0.15) is 17.0 Å². The Morgan fingerprint density at radius 2 is 2.29 bits per heavy atom. The first-order chi connectivity index (χ1) is 8.17. The van der Waals surface area contributed by atoms with Gasteiger partial charge in [-0.3, -0.25) is 9.20 Å². The molecular formula is C11H12N4O2. The Bertz CT molecular complexity index is 646. The van der Waals surface area contributed by atoms with Crippen LogP contribution < -0.4 is 10.9 Å². The maximum absolute atomic E-state index is 12.1. The molecule has 2 aromatic heterocycles. The third-order valence-electron chi connectivity index (χ3n) is 2.43. The molecule has 0 aliphatic heterocycles. The molecule has 0 fully saturated rings. The molecule has 2 N–H and O–H groups in total. The molecule has 0 saturated carbocycles. The smallest absolute Gasteiger partial charge is 0.268 e. The van der Waals surface area contributed by atoms with Crippen LogP contribution in [0.3, 0.4) is 0 Å². The Balaban J connectivity index is 2.89. The van der Waals surface area contributed by atoms with E-state index in [4.69, 9.17) is 5.21 Å². The summed E-state index contributed by atoms with van der Waals surface area (Å²) in [5.74, 6) is 0.386. The highest BCUT2D eigenvalue weighted by Gasteiger charge is 2.09. The van der Waals surface area contributed by atoms with Crippen molar-refractivity contribution < 1.29 is 5.21 Å². The van der Waals surface area contributed by atoms with Crippen LogP contribution in [-0.2, 0) is 0 Å². The van der Waals surface area contributed by atoms with Gasteiger partial charge < -0.3 is 10.5 Å². The van der Waals surface area contributed by atoms with Crippen molar-refractivity contribution in [1.29, 1.82) is 0 Å². The zero-order chi connectivity index (χ0) is 12.4. The molecule has 2 rings (SSSR count). The summed E-state index contributed by atoms with van der Waals surface area (Å²) in [5.41, 5.74) is 1.43. The molecule has 0 amide bonds. The summed E-state index contributed by atoms with van der Waals surface area (Å²) in [6.07, 6.45) is 2.77. The number of rotatable bonds is 2. The molecule has 6 heteroatoms. The lowest BCUT2D eigenvalue weighted by atomic mass is 10.2. The zero-order valence-corrected chi connectivity index (χ0v) is 9.51. The number of fused-ring (bicyclic) bond motifs is 1. The van der Waals surface area contributed by atoms with Crippen LogP contribution in [0.4, 0.5) is 5.82 Å². The lowest BCUT2D eigenvalue weighted by molar-refractivity contribution is 0.322. The van der Waals surface area contributed by atoms with Gasteiger partial charge in [0, 0.05) is 13.2 Å². The second kappa shape index (κ2) is 4.25. The van der Waals surface area contributed by atoms with Crippen molar-refractivity contribution in [2.75, 3.05) is 12.4 Å². The molecule has 0 aromatic carbocycles. The Labute approximate surface area is 97.2 Å². The fourth-order valence-electron chi connectivity index (χ4n) is 1.62. The van der Waals surface area contributed by atoms with Gasteiger partial charge in [-0.05, 0) is 18.6 Å². The minimum Gasteiger partial charge on any atom is -0.411 e. The van der Waals surface area contributed by atoms with E-state index in [1.54, 1.807) is 19.3 Å². The van der Waals surface area contributed by atoms with Crippen LogP contribution in [-0.4, -0.2) is 27.9 Å². The van der Waals surface area contributed by atoms with Gasteiger partial charge in [-0.2, -0.15) is 0 Å². The van der Waals surface area contributed by atoms with E-state index in [2.05, 4.69) is 15.5 Å². The molecule has 88 valence electrons. The van der Waals surface area contributed by atoms with Crippen LogP contribution in [0.1, 0.15) is 11.1 Å². The number of pyridine rings is 1. The number of aromatic nitrogens is 2. The molecule has 0 aliphatic rings. The monoisotopic (exact) mass is 232 g/mol. The third-order valence-corrected chi connectivity index (χ3v) is 2.43. The summed E-state index contributed by atoms with van der Waals surface area (Å²) in [7, 11) is 1.65. The summed E-state index contributed by atoms with van der Waals surface area (Å²) >= 11 is 0. The minimum atomic E-state index is -0.277.